The number of nitrogens with one attached hydrogen (secondary N) is 1. The van der Waals surface area contributed by atoms with E-state index in [1.54, 1.807) is 22.7 Å². The van der Waals surface area contributed by atoms with Gasteiger partial charge in [0, 0.05) is 23.9 Å². The molecule has 0 radical (unpaired) electrons. The van der Waals surface area contributed by atoms with Gasteiger partial charge in [0.25, 0.3) is 0 Å². The van der Waals surface area contributed by atoms with Crippen molar-refractivity contribution in [1.29, 1.82) is 0 Å². The molecule has 0 bridgehead atoms. The third kappa shape index (κ3) is 4.20. The van der Waals surface area contributed by atoms with Gasteiger partial charge in [0.05, 0.1) is 21.8 Å². The van der Waals surface area contributed by atoms with Crippen LogP contribution in [0.3, 0.4) is 0 Å². The minimum absolute atomic E-state index is 0.0574. The highest BCUT2D eigenvalue weighted by atomic mass is 32.1. The maximum atomic E-state index is 12.1. The number of benzene rings is 1. The van der Waals surface area contributed by atoms with Crippen molar-refractivity contribution in [2.75, 3.05) is 20.1 Å². The fourth-order valence-corrected chi connectivity index (χ4v) is 4.32. The number of rotatable bonds is 7. The molecule has 1 aromatic carbocycles. The molecule has 0 saturated carbocycles. The van der Waals surface area contributed by atoms with Crippen LogP contribution >= 0.6 is 22.7 Å². The van der Waals surface area contributed by atoms with Crippen LogP contribution < -0.4 is 5.32 Å². The topological polar surface area (TPSA) is 45.2 Å². The van der Waals surface area contributed by atoms with E-state index in [1.807, 2.05) is 31.3 Å². The molecule has 0 fully saturated rings. The van der Waals surface area contributed by atoms with E-state index in [9.17, 15) is 4.79 Å². The Kier molecular flexibility index (Phi) is 5.60. The quantitative estimate of drug-likeness (QED) is 0.699. The molecule has 24 heavy (non-hydrogen) atoms. The van der Waals surface area contributed by atoms with Gasteiger partial charge in [-0.25, -0.2) is 4.98 Å². The van der Waals surface area contributed by atoms with Crippen LogP contribution in [0.1, 0.15) is 22.9 Å². The number of amides is 1. The van der Waals surface area contributed by atoms with Crippen molar-refractivity contribution in [3.63, 3.8) is 0 Å². The van der Waals surface area contributed by atoms with Crippen LogP contribution in [0.15, 0.2) is 41.8 Å². The lowest BCUT2D eigenvalue weighted by molar-refractivity contribution is -0.122. The molecule has 2 aromatic heterocycles. The first-order valence-corrected chi connectivity index (χ1v) is 9.68. The summed E-state index contributed by atoms with van der Waals surface area (Å²) < 4.78 is 1.20. The molecule has 3 rings (SSSR count). The van der Waals surface area contributed by atoms with Crippen molar-refractivity contribution in [3.8, 4) is 0 Å². The molecule has 1 unspecified atom stereocenters. The molecule has 126 valence electrons. The van der Waals surface area contributed by atoms with Crippen molar-refractivity contribution in [2.24, 2.45) is 0 Å². The molecule has 0 aliphatic heterocycles. The standard InChI is InChI=1S/C18H21N3OS2/c1-13(15-8-5-11-23-15)21(2)12-17(22)19-10-9-18-20-14-6-3-4-7-16(14)24-18/h3-8,11,13H,9-10,12H2,1-2H3,(H,19,22). The summed E-state index contributed by atoms with van der Waals surface area (Å²) in [7, 11) is 1.98. The molecule has 3 aromatic rings. The molecule has 1 atom stereocenters. The number of hydrogen-bond donors (Lipinski definition) is 1. The minimum atomic E-state index is 0.0574. The Morgan fingerprint density at radius 3 is 2.88 bits per heavy atom. The van der Waals surface area contributed by atoms with Crippen molar-refractivity contribution in [2.45, 2.75) is 19.4 Å². The second kappa shape index (κ2) is 7.88. The molecule has 0 aliphatic carbocycles. The summed E-state index contributed by atoms with van der Waals surface area (Å²) in [6.45, 7) is 3.15. The molecule has 6 heteroatoms. The summed E-state index contributed by atoms with van der Waals surface area (Å²) in [6.07, 6.45) is 0.773. The van der Waals surface area contributed by atoms with Crippen molar-refractivity contribution in [3.05, 3.63) is 51.7 Å². The Labute approximate surface area is 150 Å². The van der Waals surface area contributed by atoms with E-state index in [4.69, 9.17) is 0 Å². The second-order valence-electron chi connectivity index (χ2n) is 5.78. The molecular weight excluding hydrogens is 338 g/mol. The van der Waals surface area contributed by atoms with Crippen LogP contribution in [-0.2, 0) is 11.2 Å². The van der Waals surface area contributed by atoms with Gasteiger partial charge in [0.1, 0.15) is 0 Å². The van der Waals surface area contributed by atoms with Gasteiger partial charge in [-0.1, -0.05) is 18.2 Å². The fourth-order valence-electron chi connectivity index (χ4n) is 2.50. The number of fused-ring (bicyclic) bond motifs is 1. The number of thiazole rings is 1. The Morgan fingerprint density at radius 1 is 1.29 bits per heavy atom. The summed E-state index contributed by atoms with van der Waals surface area (Å²) in [5.74, 6) is 0.0574. The van der Waals surface area contributed by atoms with E-state index in [0.29, 0.717) is 13.1 Å². The molecular formula is C18H21N3OS2. The molecule has 0 saturated heterocycles. The number of likely N-dealkylation sites (N-methyl/N-ethyl adjacent to an activating group) is 1. The molecule has 0 aliphatic rings. The first-order valence-electron chi connectivity index (χ1n) is 7.98. The number of carbonyl (C=O) groups is 1. The zero-order valence-corrected chi connectivity index (χ0v) is 15.5. The Balaban J connectivity index is 1.45. The first-order chi connectivity index (χ1) is 11.6. The van der Waals surface area contributed by atoms with Gasteiger partial charge in [0.15, 0.2) is 0 Å². The molecule has 0 spiro atoms. The van der Waals surface area contributed by atoms with Gasteiger partial charge in [-0.15, -0.1) is 22.7 Å². The largest absolute Gasteiger partial charge is 0.355 e. The highest BCUT2D eigenvalue weighted by molar-refractivity contribution is 7.18. The Hall–Kier alpha value is -1.76. The van der Waals surface area contributed by atoms with Gasteiger partial charge in [-0.3, -0.25) is 9.69 Å². The number of nitrogens with zero attached hydrogens (tertiary/aromatic N) is 2. The molecule has 2 heterocycles. The van der Waals surface area contributed by atoms with E-state index >= 15 is 0 Å². The fraction of sp³-hybridized carbons (Fsp3) is 0.333. The predicted octanol–water partition coefficient (Wildman–Crippen LogP) is 3.71. The van der Waals surface area contributed by atoms with E-state index in [0.717, 1.165) is 16.9 Å². The molecule has 1 N–H and O–H groups in total. The van der Waals surface area contributed by atoms with Crippen LogP contribution in [-0.4, -0.2) is 35.9 Å². The number of hydrogen-bond acceptors (Lipinski definition) is 5. The third-order valence-electron chi connectivity index (χ3n) is 4.01. The smallest absolute Gasteiger partial charge is 0.234 e. The van der Waals surface area contributed by atoms with Gasteiger partial charge < -0.3 is 5.32 Å². The van der Waals surface area contributed by atoms with Crippen molar-refractivity contribution >= 4 is 38.8 Å². The maximum Gasteiger partial charge on any atom is 0.234 e. The molecule has 1 amide bonds. The molecule has 4 nitrogen and oxygen atoms in total. The second-order valence-corrected chi connectivity index (χ2v) is 7.88. The first kappa shape index (κ1) is 17.1. The van der Waals surface area contributed by atoms with Gasteiger partial charge in [-0.2, -0.15) is 0 Å². The summed E-state index contributed by atoms with van der Waals surface area (Å²) in [6, 6.07) is 12.5. The van der Waals surface area contributed by atoms with Crippen LogP contribution in [0.2, 0.25) is 0 Å². The number of aromatic nitrogens is 1. The number of thiophene rings is 1. The van der Waals surface area contributed by atoms with Crippen molar-refractivity contribution < 1.29 is 4.79 Å². The SMILES string of the molecule is CC(c1cccs1)N(C)CC(=O)NCCc1nc2ccccc2s1. The lowest BCUT2D eigenvalue weighted by Crippen LogP contribution is -2.37. The lowest BCUT2D eigenvalue weighted by Gasteiger charge is -2.23. The highest BCUT2D eigenvalue weighted by Crippen LogP contribution is 2.23. The number of para-hydroxylation sites is 1. The van der Waals surface area contributed by atoms with E-state index < -0.39 is 0 Å². The Bertz CT molecular complexity index is 765. The van der Waals surface area contributed by atoms with Gasteiger partial charge in [0.2, 0.25) is 5.91 Å². The zero-order chi connectivity index (χ0) is 16.9. The third-order valence-corrected chi connectivity index (χ3v) is 6.15. The zero-order valence-electron chi connectivity index (χ0n) is 13.9. The predicted molar refractivity (Wildman–Crippen MR) is 102 cm³/mol. The summed E-state index contributed by atoms with van der Waals surface area (Å²) in [5, 5.41) is 6.13. The van der Waals surface area contributed by atoms with Crippen molar-refractivity contribution in [1.82, 2.24) is 15.2 Å². The summed E-state index contributed by atoms with van der Waals surface area (Å²) >= 11 is 3.42. The average Bonchev–Trinajstić information content (AvgIpc) is 3.23. The normalized spacial score (nSPS) is 12.6. The van der Waals surface area contributed by atoms with E-state index in [2.05, 4.69) is 39.6 Å². The van der Waals surface area contributed by atoms with Crippen LogP contribution in [0.25, 0.3) is 10.2 Å². The summed E-state index contributed by atoms with van der Waals surface area (Å²) in [4.78, 5) is 20.1. The summed E-state index contributed by atoms with van der Waals surface area (Å²) in [5.41, 5.74) is 1.04. The van der Waals surface area contributed by atoms with E-state index in [-0.39, 0.29) is 11.9 Å². The van der Waals surface area contributed by atoms with Gasteiger partial charge >= 0.3 is 0 Å². The van der Waals surface area contributed by atoms with Crippen LogP contribution in [0.5, 0.6) is 0 Å². The van der Waals surface area contributed by atoms with Crippen LogP contribution in [0.4, 0.5) is 0 Å². The van der Waals surface area contributed by atoms with Gasteiger partial charge in [-0.05, 0) is 37.6 Å². The van der Waals surface area contributed by atoms with E-state index in [1.165, 1.54) is 9.58 Å². The lowest BCUT2D eigenvalue weighted by atomic mass is 10.2. The number of carbonyl (C=O) groups excluding carboxylic acids is 1. The van der Waals surface area contributed by atoms with Crippen LogP contribution in [0, 0.1) is 0 Å². The monoisotopic (exact) mass is 359 g/mol. The Morgan fingerprint density at radius 2 is 2.12 bits per heavy atom. The average molecular weight is 360 g/mol. The maximum absolute atomic E-state index is 12.1. The minimum Gasteiger partial charge on any atom is -0.355 e. The highest BCUT2D eigenvalue weighted by Gasteiger charge is 2.15.